The van der Waals surface area contributed by atoms with Crippen molar-refractivity contribution < 1.29 is 4.74 Å². The standard InChI is InChI=1S/C10H15NOS.C2H6/c1-9-6-10(13-8-9)7-11-2-4-12-5-3-11;1-2/h6,8H,2-5,7H2,1H3;1-2H3. The second-order valence-electron chi connectivity index (χ2n) is 3.48. The molecule has 0 atom stereocenters. The molecular weight excluding hydrogens is 206 g/mol. The summed E-state index contributed by atoms with van der Waals surface area (Å²) in [6, 6.07) is 2.28. The summed E-state index contributed by atoms with van der Waals surface area (Å²) in [6.07, 6.45) is 0. The van der Waals surface area contributed by atoms with Gasteiger partial charge in [0.15, 0.2) is 0 Å². The highest BCUT2D eigenvalue weighted by molar-refractivity contribution is 7.10. The zero-order valence-corrected chi connectivity index (χ0v) is 10.8. The maximum Gasteiger partial charge on any atom is 0.0594 e. The van der Waals surface area contributed by atoms with E-state index in [1.165, 1.54) is 10.4 Å². The zero-order valence-electron chi connectivity index (χ0n) is 9.95. The Morgan fingerprint density at radius 3 is 2.53 bits per heavy atom. The van der Waals surface area contributed by atoms with Gasteiger partial charge in [-0.3, -0.25) is 4.90 Å². The van der Waals surface area contributed by atoms with Gasteiger partial charge in [0, 0.05) is 24.5 Å². The minimum absolute atomic E-state index is 0.893. The molecule has 0 aromatic carbocycles. The largest absolute Gasteiger partial charge is 0.379 e. The molecule has 1 aliphatic heterocycles. The van der Waals surface area contributed by atoms with Crippen molar-refractivity contribution in [1.29, 1.82) is 0 Å². The predicted molar refractivity (Wildman–Crippen MR) is 66.5 cm³/mol. The molecule has 86 valence electrons. The molecule has 2 nitrogen and oxygen atoms in total. The third-order valence-electron chi connectivity index (χ3n) is 2.27. The maximum atomic E-state index is 5.30. The van der Waals surface area contributed by atoms with E-state index in [9.17, 15) is 0 Å². The van der Waals surface area contributed by atoms with Crippen LogP contribution in [-0.4, -0.2) is 31.2 Å². The monoisotopic (exact) mass is 227 g/mol. The highest BCUT2D eigenvalue weighted by Gasteiger charge is 2.10. The number of ether oxygens (including phenoxy) is 1. The normalized spacial score (nSPS) is 17.0. The summed E-state index contributed by atoms with van der Waals surface area (Å²) in [7, 11) is 0. The van der Waals surface area contributed by atoms with Gasteiger partial charge in [-0.25, -0.2) is 0 Å². The van der Waals surface area contributed by atoms with E-state index >= 15 is 0 Å². The molecule has 0 radical (unpaired) electrons. The van der Waals surface area contributed by atoms with Crippen molar-refractivity contribution in [3.8, 4) is 0 Å². The lowest BCUT2D eigenvalue weighted by molar-refractivity contribution is 0.0346. The van der Waals surface area contributed by atoms with Crippen molar-refractivity contribution in [2.75, 3.05) is 26.3 Å². The second-order valence-corrected chi connectivity index (χ2v) is 4.47. The summed E-state index contributed by atoms with van der Waals surface area (Å²) in [6.45, 7) is 11.2. The van der Waals surface area contributed by atoms with Gasteiger partial charge in [0.25, 0.3) is 0 Å². The summed E-state index contributed by atoms with van der Waals surface area (Å²) < 4.78 is 5.30. The summed E-state index contributed by atoms with van der Waals surface area (Å²) in [4.78, 5) is 3.92. The van der Waals surface area contributed by atoms with Crippen LogP contribution in [0.15, 0.2) is 11.4 Å². The Kier molecular flexibility index (Phi) is 5.91. The number of aryl methyl sites for hydroxylation is 1. The Hall–Kier alpha value is -0.380. The first kappa shape index (κ1) is 12.7. The lowest BCUT2D eigenvalue weighted by Gasteiger charge is -2.25. The van der Waals surface area contributed by atoms with Crippen molar-refractivity contribution in [3.63, 3.8) is 0 Å². The third kappa shape index (κ3) is 4.33. The first-order valence-electron chi connectivity index (χ1n) is 5.69. The molecular formula is C12H21NOS. The van der Waals surface area contributed by atoms with Crippen LogP contribution in [0.2, 0.25) is 0 Å². The molecule has 0 saturated carbocycles. The Morgan fingerprint density at radius 1 is 1.33 bits per heavy atom. The van der Waals surface area contributed by atoms with E-state index in [1.807, 2.05) is 25.2 Å². The van der Waals surface area contributed by atoms with Crippen LogP contribution in [-0.2, 0) is 11.3 Å². The van der Waals surface area contributed by atoms with Crippen molar-refractivity contribution in [2.24, 2.45) is 0 Å². The first-order valence-corrected chi connectivity index (χ1v) is 6.57. The number of morpholine rings is 1. The van der Waals surface area contributed by atoms with Gasteiger partial charge in [-0.1, -0.05) is 13.8 Å². The van der Waals surface area contributed by atoms with Crippen molar-refractivity contribution >= 4 is 11.3 Å². The summed E-state index contributed by atoms with van der Waals surface area (Å²) in [5.41, 5.74) is 1.38. The van der Waals surface area contributed by atoms with Gasteiger partial charge in [0.1, 0.15) is 0 Å². The molecule has 0 amide bonds. The van der Waals surface area contributed by atoms with E-state index in [0.29, 0.717) is 0 Å². The van der Waals surface area contributed by atoms with Gasteiger partial charge in [-0.05, 0) is 23.9 Å². The second kappa shape index (κ2) is 6.99. The van der Waals surface area contributed by atoms with Gasteiger partial charge in [-0.2, -0.15) is 0 Å². The minimum atomic E-state index is 0.893. The third-order valence-corrected chi connectivity index (χ3v) is 3.31. The van der Waals surface area contributed by atoms with E-state index < -0.39 is 0 Å². The topological polar surface area (TPSA) is 12.5 Å². The van der Waals surface area contributed by atoms with E-state index in [4.69, 9.17) is 4.74 Å². The van der Waals surface area contributed by atoms with Crippen LogP contribution in [0.1, 0.15) is 24.3 Å². The number of hydrogen-bond donors (Lipinski definition) is 0. The van der Waals surface area contributed by atoms with Crippen LogP contribution in [0.3, 0.4) is 0 Å². The fourth-order valence-corrected chi connectivity index (χ4v) is 2.47. The van der Waals surface area contributed by atoms with E-state index in [1.54, 1.807) is 0 Å². The fourth-order valence-electron chi connectivity index (χ4n) is 1.55. The highest BCUT2D eigenvalue weighted by Crippen LogP contribution is 2.16. The van der Waals surface area contributed by atoms with E-state index in [-0.39, 0.29) is 0 Å². The molecule has 1 aromatic heterocycles. The van der Waals surface area contributed by atoms with Crippen LogP contribution in [0.5, 0.6) is 0 Å². The fraction of sp³-hybridized carbons (Fsp3) is 0.667. The molecule has 0 N–H and O–H groups in total. The molecule has 1 fully saturated rings. The lowest BCUT2D eigenvalue weighted by Crippen LogP contribution is -2.35. The molecule has 1 aromatic rings. The van der Waals surface area contributed by atoms with Crippen molar-refractivity contribution in [3.05, 3.63) is 21.9 Å². The van der Waals surface area contributed by atoms with E-state index in [0.717, 1.165) is 32.8 Å². The predicted octanol–water partition coefficient (Wildman–Crippen LogP) is 2.91. The Morgan fingerprint density at radius 2 is 2.00 bits per heavy atom. The molecule has 1 saturated heterocycles. The molecule has 1 aliphatic rings. The van der Waals surface area contributed by atoms with Gasteiger partial charge in [-0.15, -0.1) is 11.3 Å². The molecule has 2 heterocycles. The van der Waals surface area contributed by atoms with Crippen LogP contribution in [0, 0.1) is 6.92 Å². The number of thiophene rings is 1. The smallest absolute Gasteiger partial charge is 0.0594 e. The Bertz CT molecular complexity index is 266. The number of hydrogen-bond acceptors (Lipinski definition) is 3. The van der Waals surface area contributed by atoms with Crippen LogP contribution in [0.4, 0.5) is 0 Å². The van der Waals surface area contributed by atoms with Crippen LogP contribution in [0.25, 0.3) is 0 Å². The minimum Gasteiger partial charge on any atom is -0.379 e. The van der Waals surface area contributed by atoms with Gasteiger partial charge in [0.05, 0.1) is 13.2 Å². The Labute approximate surface area is 96.9 Å². The SMILES string of the molecule is CC.Cc1csc(CN2CCOCC2)c1. The molecule has 0 spiro atoms. The maximum absolute atomic E-state index is 5.30. The molecule has 0 aliphatic carbocycles. The summed E-state index contributed by atoms with van der Waals surface area (Å²) in [5.74, 6) is 0. The summed E-state index contributed by atoms with van der Waals surface area (Å²) >= 11 is 1.86. The van der Waals surface area contributed by atoms with Gasteiger partial charge >= 0.3 is 0 Å². The average molecular weight is 227 g/mol. The van der Waals surface area contributed by atoms with Crippen LogP contribution >= 0.6 is 11.3 Å². The van der Waals surface area contributed by atoms with Crippen LogP contribution < -0.4 is 0 Å². The molecule has 2 rings (SSSR count). The van der Waals surface area contributed by atoms with Crippen molar-refractivity contribution in [2.45, 2.75) is 27.3 Å². The highest BCUT2D eigenvalue weighted by atomic mass is 32.1. The average Bonchev–Trinajstić information content (AvgIpc) is 2.68. The quantitative estimate of drug-likeness (QED) is 0.770. The molecule has 0 bridgehead atoms. The zero-order chi connectivity index (χ0) is 11.1. The molecule has 0 unspecified atom stereocenters. The first-order chi connectivity index (χ1) is 7.34. The number of nitrogens with zero attached hydrogens (tertiary/aromatic N) is 1. The summed E-state index contributed by atoms with van der Waals surface area (Å²) in [5, 5.41) is 2.22. The van der Waals surface area contributed by atoms with Gasteiger partial charge in [0.2, 0.25) is 0 Å². The van der Waals surface area contributed by atoms with Crippen molar-refractivity contribution in [1.82, 2.24) is 4.90 Å². The molecule has 3 heteroatoms. The van der Waals surface area contributed by atoms with Gasteiger partial charge < -0.3 is 4.74 Å². The lowest BCUT2D eigenvalue weighted by atomic mass is 10.3. The Balaban J connectivity index is 0.000000531. The molecule has 15 heavy (non-hydrogen) atoms. The number of rotatable bonds is 2. The van der Waals surface area contributed by atoms with E-state index in [2.05, 4.69) is 23.3 Å².